The molecule has 204 valence electrons. The van der Waals surface area contributed by atoms with E-state index in [2.05, 4.69) is 12.2 Å². The predicted molar refractivity (Wildman–Crippen MR) is 152 cm³/mol. The van der Waals surface area contributed by atoms with E-state index in [-0.39, 0.29) is 24.3 Å². The van der Waals surface area contributed by atoms with Crippen LogP contribution in [0.3, 0.4) is 0 Å². The monoisotopic (exact) mass is 528 g/mol. The zero-order valence-corrected chi connectivity index (χ0v) is 23.0. The Morgan fingerprint density at radius 3 is 2.38 bits per heavy atom. The second-order valence-corrected chi connectivity index (χ2v) is 10.4. The molecule has 1 heterocycles. The molecule has 0 aliphatic carbocycles. The minimum absolute atomic E-state index is 0.203. The fourth-order valence-corrected chi connectivity index (χ4v) is 5.11. The molecule has 0 spiro atoms. The number of unbranched alkanes of at least 4 members (excludes halogenated alkanes) is 2. The maximum atomic E-state index is 13.2. The van der Waals surface area contributed by atoms with Gasteiger partial charge in [-0.2, -0.15) is 0 Å². The molecule has 7 heteroatoms. The van der Waals surface area contributed by atoms with Crippen molar-refractivity contribution in [2.24, 2.45) is 5.92 Å². The van der Waals surface area contributed by atoms with E-state index in [1.165, 1.54) is 23.3 Å². The van der Waals surface area contributed by atoms with Gasteiger partial charge < -0.3 is 20.1 Å². The van der Waals surface area contributed by atoms with Crippen LogP contribution in [-0.2, 0) is 17.8 Å². The van der Waals surface area contributed by atoms with Crippen molar-refractivity contribution in [3.05, 3.63) is 82.9 Å². The first-order chi connectivity index (χ1) is 18.7. The summed E-state index contributed by atoms with van der Waals surface area (Å²) in [5.74, 6) is -1.16. The van der Waals surface area contributed by atoms with E-state index < -0.39 is 12.0 Å². The summed E-state index contributed by atoms with van der Waals surface area (Å²) in [6.45, 7) is 6.05. The molecule has 0 saturated carbocycles. The second-order valence-electron chi connectivity index (χ2n) is 10.4. The lowest BCUT2D eigenvalue weighted by Crippen LogP contribution is -2.44. The molecule has 2 amide bonds. The molecule has 0 aromatic heterocycles. The average molecular weight is 529 g/mol. The van der Waals surface area contributed by atoms with Gasteiger partial charge in [0.15, 0.2) is 0 Å². The maximum Gasteiger partial charge on any atom is 0.326 e. The van der Waals surface area contributed by atoms with Gasteiger partial charge in [-0.15, -0.1) is 0 Å². The van der Waals surface area contributed by atoms with Gasteiger partial charge in [0.05, 0.1) is 7.11 Å². The van der Waals surface area contributed by atoms with E-state index in [1.807, 2.05) is 42.5 Å². The van der Waals surface area contributed by atoms with Crippen molar-refractivity contribution in [3.8, 4) is 16.9 Å². The molecule has 1 aliphatic rings. The molecule has 3 aromatic carbocycles. The van der Waals surface area contributed by atoms with Gasteiger partial charge >= 0.3 is 5.97 Å². The molecule has 0 fully saturated rings. The first-order valence-corrected chi connectivity index (χ1v) is 13.5. The number of carboxylic acids is 1. The summed E-state index contributed by atoms with van der Waals surface area (Å²) in [5, 5.41) is 12.6. The number of hydrogen-bond acceptors (Lipinski definition) is 4. The van der Waals surface area contributed by atoms with Gasteiger partial charge in [-0.1, -0.05) is 57.9 Å². The van der Waals surface area contributed by atoms with Crippen molar-refractivity contribution >= 4 is 23.5 Å². The zero-order valence-electron chi connectivity index (χ0n) is 23.0. The summed E-state index contributed by atoms with van der Waals surface area (Å²) in [6, 6.07) is 17.8. The third-order valence-electron chi connectivity index (χ3n) is 7.22. The summed E-state index contributed by atoms with van der Waals surface area (Å²) >= 11 is 0. The third-order valence-corrected chi connectivity index (χ3v) is 7.22. The number of anilines is 1. The van der Waals surface area contributed by atoms with E-state index in [0.717, 1.165) is 29.5 Å². The van der Waals surface area contributed by atoms with Crippen LogP contribution in [0.25, 0.3) is 11.1 Å². The number of fused-ring (bicyclic) bond motifs is 1. The van der Waals surface area contributed by atoms with Crippen LogP contribution >= 0.6 is 0 Å². The minimum Gasteiger partial charge on any atom is -0.496 e. The molecule has 1 aliphatic heterocycles. The smallest absolute Gasteiger partial charge is 0.326 e. The fraction of sp³-hybridized carbons (Fsp3) is 0.344. The van der Waals surface area contributed by atoms with Crippen LogP contribution in [0, 0.1) is 5.92 Å². The first kappa shape index (κ1) is 27.9. The second kappa shape index (κ2) is 12.2. The molecule has 2 N–H and O–H groups in total. The van der Waals surface area contributed by atoms with Crippen LogP contribution in [0.1, 0.15) is 71.9 Å². The summed E-state index contributed by atoms with van der Waals surface area (Å²) < 4.78 is 5.63. The van der Waals surface area contributed by atoms with Gasteiger partial charge in [-0.3, -0.25) is 9.59 Å². The third kappa shape index (κ3) is 6.14. The Labute approximate surface area is 229 Å². The lowest BCUT2D eigenvalue weighted by atomic mass is 9.99. The summed E-state index contributed by atoms with van der Waals surface area (Å²) in [7, 11) is 1.56. The van der Waals surface area contributed by atoms with Crippen LogP contribution in [0.5, 0.6) is 5.75 Å². The van der Waals surface area contributed by atoms with E-state index >= 15 is 0 Å². The Morgan fingerprint density at radius 2 is 1.74 bits per heavy atom. The molecule has 4 rings (SSSR count). The molecule has 39 heavy (non-hydrogen) atoms. The fourth-order valence-electron chi connectivity index (χ4n) is 5.11. The maximum absolute atomic E-state index is 13.2. The number of aliphatic carboxylic acids is 1. The average Bonchev–Trinajstić information content (AvgIpc) is 3.23. The Balaban J connectivity index is 1.51. The molecular weight excluding hydrogens is 492 g/mol. The summed E-state index contributed by atoms with van der Waals surface area (Å²) in [4.78, 5) is 39.3. The van der Waals surface area contributed by atoms with Crippen LogP contribution in [0.4, 0.5) is 5.69 Å². The quantitative estimate of drug-likeness (QED) is 0.280. The van der Waals surface area contributed by atoms with Crippen LogP contribution < -0.4 is 10.1 Å². The van der Waals surface area contributed by atoms with Gasteiger partial charge in [0, 0.05) is 35.0 Å². The lowest BCUT2D eigenvalue weighted by Gasteiger charge is -2.27. The highest BCUT2D eigenvalue weighted by Crippen LogP contribution is 2.36. The van der Waals surface area contributed by atoms with Crippen LogP contribution in [0.2, 0.25) is 0 Å². The van der Waals surface area contributed by atoms with Crippen molar-refractivity contribution in [2.45, 2.75) is 59.0 Å². The number of amides is 2. The molecule has 1 unspecified atom stereocenters. The minimum atomic E-state index is -1.01. The number of rotatable bonds is 11. The van der Waals surface area contributed by atoms with E-state index in [0.29, 0.717) is 22.6 Å². The number of hydrogen-bond donors (Lipinski definition) is 2. The number of carbonyl (C=O) groups excluding carboxylic acids is 2. The number of carboxylic acid groups (broad SMARTS) is 1. The molecule has 3 aromatic rings. The van der Waals surface area contributed by atoms with Gasteiger partial charge in [0.2, 0.25) is 0 Å². The van der Waals surface area contributed by atoms with Gasteiger partial charge in [-0.25, -0.2) is 4.79 Å². The number of methoxy groups -OCH3 is 1. The summed E-state index contributed by atoms with van der Waals surface area (Å²) in [5.41, 5.74) is 5.24. The zero-order chi connectivity index (χ0) is 28.1. The Kier molecular flexibility index (Phi) is 8.69. The van der Waals surface area contributed by atoms with Gasteiger partial charge in [-0.05, 0) is 65.8 Å². The van der Waals surface area contributed by atoms with Crippen molar-refractivity contribution in [1.82, 2.24) is 4.90 Å². The highest BCUT2D eigenvalue weighted by Gasteiger charge is 2.38. The topological polar surface area (TPSA) is 95.9 Å². The first-order valence-electron chi connectivity index (χ1n) is 13.5. The number of carbonyl (C=O) groups is 3. The molecule has 0 bridgehead atoms. The van der Waals surface area contributed by atoms with Crippen molar-refractivity contribution in [1.29, 1.82) is 0 Å². The highest BCUT2D eigenvalue weighted by molar-refractivity contribution is 6.05. The molecule has 0 saturated heterocycles. The highest BCUT2D eigenvalue weighted by atomic mass is 16.5. The number of benzene rings is 3. The predicted octanol–water partition coefficient (Wildman–Crippen LogP) is 6.41. The van der Waals surface area contributed by atoms with Gasteiger partial charge in [0.1, 0.15) is 11.8 Å². The van der Waals surface area contributed by atoms with E-state index in [9.17, 15) is 19.5 Å². The summed E-state index contributed by atoms with van der Waals surface area (Å²) in [6.07, 6.45) is 4.53. The Morgan fingerprint density at radius 1 is 1.00 bits per heavy atom. The number of aryl methyl sites for hydroxylation is 1. The van der Waals surface area contributed by atoms with Crippen LogP contribution in [0.15, 0.2) is 60.7 Å². The van der Waals surface area contributed by atoms with Crippen molar-refractivity contribution in [2.75, 3.05) is 12.4 Å². The standard InChI is InChI=1S/C32H36N2O5/c1-5-6-7-8-21-9-11-22(12-10-21)30(35)33-25-15-16-26(28(18-25)39-4)23-13-14-24-19-34(31(36)27(24)17-23)29(20(2)3)32(37)38/h9-18,20,29H,5-8,19H2,1-4H3,(H,33,35)(H,37,38). The Bertz CT molecular complexity index is 1360. The van der Waals surface area contributed by atoms with Gasteiger partial charge in [0.25, 0.3) is 11.8 Å². The lowest BCUT2D eigenvalue weighted by molar-refractivity contribution is -0.144. The normalized spacial score (nSPS) is 13.4. The largest absolute Gasteiger partial charge is 0.496 e. The van der Waals surface area contributed by atoms with Crippen molar-refractivity contribution in [3.63, 3.8) is 0 Å². The number of nitrogens with one attached hydrogen (secondary N) is 1. The SMILES string of the molecule is CCCCCc1ccc(C(=O)Nc2ccc(-c3ccc4c(c3)C(=O)N(C(C(=O)O)C(C)C)C4)c(OC)c2)cc1. The van der Waals surface area contributed by atoms with Crippen LogP contribution in [-0.4, -0.2) is 40.9 Å². The van der Waals surface area contributed by atoms with Crippen molar-refractivity contribution < 1.29 is 24.2 Å². The molecular formula is C32H36N2O5. The van der Waals surface area contributed by atoms with E-state index in [1.54, 1.807) is 39.2 Å². The Hall–Kier alpha value is -4.13. The van der Waals surface area contributed by atoms with E-state index in [4.69, 9.17) is 4.74 Å². The molecule has 0 radical (unpaired) electrons. The molecule has 7 nitrogen and oxygen atoms in total. The number of ether oxygens (including phenoxy) is 1. The number of nitrogens with zero attached hydrogens (tertiary/aromatic N) is 1. The molecule has 1 atom stereocenters.